The second-order valence-electron chi connectivity index (χ2n) is 7.98. The molecule has 30 heavy (non-hydrogen) atoms. The number of benzene rings is 3. The quantitative estimate of drug-likeness (QED) is 0.270. The smallest absolute Gasteiger partial charge is 0.120 e. The fourth-order valence-corrected chi connectivity index (χ4v) is 3.83. The topological polar surface area (TPSA) is 18.5 Å². The standard InChI is InChI=1S/C28H36O2/c1-3-5-6-7-8-9-10-23-11-13-24(14-12-23)25-15-16-27-22-28(18-17-26(27)21-25)30-20-19-29-4-2/h11-18,21-22H,3-10,19-20H2,1-2H3. The van der Waals surface area contributed by atoms with E-state index in [0.29, 0.717) is 13.2 Å². The number of rotatable bonds is 13. The maximum atomic E-state index is 5.78. The molecule has 3 rings (SSSR count). The van der Waals surface area contributed by atoms with E-state index in [9.17, 15) is 0 Å². The third-order valence-corrected chi connectivity index (χ3v) is 5.62. The molecule has 0 aromatic heterocycles. The van der Waals surface area contributed by atoms with E-state index in [1.54, 1.807) is 0 Å². The SMILES string of the molecule is CCCCCCCCc1ccc(-c2ccc3cc(OCCOCC)ccc3c2)cc1. The first-order valence-corrected chi connectivity index (χ1v) is 11.6. The molecule has 0 unspecified atom stereocenters. The Bertz CT molecular complexity index is 883. The van der Waals surface area contributed by atoms with Gasteiger partial charge in [-0.2, -0.15) is 0 Å². The maximum Gasteiger partial charge on any atom is 0.120 e. The fraction of sp³-hybridized carbons (Fsp3) is 0.429. The lowest BCUT2D eigenvalue weighted by molar-refractivity contribution is 0.110. The molecule has 2 nitrogen and oxygen atoms in total. The zero-order valence-electron chi connectivity index (χ0n) is 18.7. The summed E-state index contributed by atoms with van der Waals surface area (Å²) in [6, 6.07) is 22.1. The Kier molecular flexibility index (Phi) is 9.24. The summed E-state index contributed by atoms with van der Waals surface area (Å²) in [5.74, 6) is 0.897. The predicted octanol–water partition coefficient (Wildman–Crippen LogP) is 7.83. The number of unbranched alkanes of at least 4 members (excludes halogenated alkanes) is 5. The zero-order chi connectivity index (χ0) is 21.0. The number of ether oxygens (including phenoxy) is 2. The average molecular weight is 405 g/mol. The minimum absolute atomic E-state index is 0.586. The van der Waals surface area contributed by atoms with Crippen LogP contribution in [0.25, 0.3) is 21.9 Å². The van der Waals surface area contributed by atoms with Crippen LogP contribution in [0.15, 0.2) is 60.7 Å². The second kappa shape index (κ2) is 12.4. The molecule has 0 radical (unpaired) electrons. The van der Waals surface area contributed by atoms with Gasteiger partial charge in [-0.1, -0.05) is 81.5 Å². The van der Waals surface area contributed by atoms with E-state index in [1.165, 1.54) is 72.4 Å². The van der Waals surface area contributed by atoms with E-state index < -0.39 is 0 Å². The molecule has 0 atom stereocenters. The second-order valence-corrected chi connectivity index (χ2v) is 7.98. The highest BCUT2D eigenvalue weighted by atomic mass is 16.5. The van der Waals surface area contributed by atoms with Crippen LogP contribution in [0.2, 0.25) is 0 Å². The number of hydrogen-bond acceptors (Lipinski definition) is 2. The van der Waals surface area contributed by atoms with Gasteiger partial charge in [-0.3, -0.25) is 0 Å². The monoisotopic (exact) mass is 404 g/mol. The summed E-state index contributed by atoms with van der Waals surface area (Å²) in [5, 5.41) is 2.44. The third kappa shape index (κ3) is 6.88. The molecular formula is C28H36O2. The van der Waals surface area contributed by atoms with Gasteiger partial charge < -0.3 is 9.47 Å². The fourth-order valence-electron chi connectivity index (χ4n) is 3.83. The van der Waals surface area contributed by atoms with Gasteiger partial charge in [-0.15, -0.1) is 0 Å². The Balaban J connectivity index is 1.56. The van der Waals surface area contributed by atoms with E-state index in [0.717, 1.165) is 12.4 Å². The van der Waals surface area contributed by atoms with E-state index in [4.69, 9.17) is 9.47 Å². The Morgan fingerprint density at radius 2 is 1.33 bits per heavy atom. The van der Waals surface area contributed by atoms with Crippen LogP contribution in [-0.2, 0) is 11.2 Å². The van der Waals surface area contributed by atoms with Crippen LogP contribution in [0, 0.1) is 0 Å². The highest BCUT2D eigenvalue weighted by Crippen LogP contribution is 2.27. The Labute approximate surface area is 182 Å². The van der Waals surface area contributed by atoms with E-state index in [-0.39, 0.29) is 0 Å². The molecule has 0 fully saturated rings. The Morgan fingerprint density at radius 3 is 2.13 bits per heavy atom. The van der Waals surface area contributed by atoms with Gasteiger partial charge in [0.1, 0.15) is 12.4 Å². The van der Waals surface area contributed by atoms with Gasteiger partial charge in [0.05, 0.1) is 6.61 Å². The highest BCUT2D eigenvalue weighted by molar-refractivity contribution is 5.88. The van der Waals surface area contributed by atoms with Crippen molar-refractivity contribution in [3.63, 3.8) is 0 Å². The van der Waals surface area contributed by atoms with Gasteiger partial charge >= 0.3 is 0 Å². The van der Waals surface area contributed by atoms with Crippen LogP contribution in [0.1, 0.15) is 57.9 Å². The minimum Gasteiger partial charge on any atom is -0.491 e. The summed E-state index contributed by atoms with van der Waals surface area (Å²) >= 11 is 0. The van der Waals surface area contributed by atoms with Crippen molar-refractivity contribution in [1.29, 1.82) is 0 Å². The van der Waals surface area contributed by atoms with Crippen LogP contribution in [0.4, 0.5) is 0 Å². The number of fused-ring (bicyclic) bond motifs is 1. The molecule has 0 amide bonds. The third-order valence-electron chi connectivity index (χ3n) is 5.62. The first-order chi connectivity index (χ1) is 14.8. The molecule has 0 aliphatic rings. The molecule has 3 aromatic rings. The zero-order valence-corrected chi connectivity index (χ0v) is 18.7. The molecule has 0 aliphatic carbocycles. The highest BCUT2D eigenvalue weighted by Gasteiger charge is 2.03. The molecular weight excluding hydrogens is 368 g/mol. The molecule has 0 spiro atoms. The van der Waals surface area contributed by atoms with Crippen molar-refractivity contribution in [1.82, 2.24) is 0 Å². The van der Waals surface area contributed by atoms with Crippen molar-refractivity contribution in [2.45, 2.75) is 58.8 Å². The molecule has 0 bridgehead atoms. The van der Waals surface area contributed by atoms with E-state index in [1.807, 2.05) is 13.0 Å². The summed E-state index contributed by atoms with van der Waals surface area (Å²) in [6.07, 6.45) is 9.30. The van der Waals surface area contributed by atoms with Gasteiger partial charge in [-0.25, -0.2) is 0 Å². The Morgan fingerprint density at radius 1 is 0.633 bits per heavy atom. The van der Waals surface area contributed by atoms with Gasteiger partial charge in [-0.05, 0) is 65.4 Å². The van der Waals surface area contributed by atoms with Crippen molar-refractivity contribution in [2.24, 2.45) is 0 Å². The molecule has 0 N–H and O–H groups in total. The lowest BCUT2D eigenvalue weighted by Gasteiger charge is -2.09. The lowest BCUT2D eigenvalue weighted by atomic mass is 9.98. The van der Waals surface area contributed by atoms with Crippen molar-refractivity contribution >= 4 is 10.8 Å². The first-order valence-electron chi connectivity index (χ1n) is 11.6. The largest absolute Gasteiger partial charge is 0.491 e. The van der Waals surface area contributed by atoms with Crippen LogP contribution >= 0.6 is 0 Å². The molecule has 0 aliphatic heterocycles. The maximum absolute atomic E-state index is 5.78. The van der Waals surface area contributed by atoms with Crippen molar-refractivity contribution < 1.29 is 9.47 Å². The molecule has 160 valence electrons. The Hall–Kier alpha value is -2.32. The normalized spacial score (nSPS) is 11.1. The average Bonchev–Trinajstić information content (AvgIpc) is 2.79. The number of hydrogen-bond donors (Lipinski definition) is 0. The lowest BCUT2D eigenvalue weighted by Crippen LogP contribution is -2.06. The summed E-state index contributed by atoms with van der Waals surface area (Å²) in [6.45, 7) is 6.21. The van der Waals surface area contributed by atoms with Gasteiger partial charge in [0.15, 0.2) is 0 Å². The van der Waals surface area contributed by atoms with Crippen molar-refractivity contribution in [3.05, 3.63) is 66.2 Å². The summed E-state index contributed by atoms with van der Waals surface area (Å²) in [5.41, 5.74) is 3.99. The van der Waals surface area contributed by atoms with Gasteiger partial charge in [0, 0.05) is 6.61 Å². The molecule has 0 heterocycles. The van der Waals surface area contributed by atoms with Crippen LogP contribution in [0.5, 0.6) is 5.75 Å². The van der Waals surface area contributed by atoms with E-state index in [2.05, 4.69) is 61.5 Å². The molecule has 2 heteroatoms. The summed E-state index contributed by atoms with van der Waals surface area (Å²) in [7, 11) is 0. The van der Waals surface area contributed by atoms with E-state index >= 15 is 0 Å². The summed E-state index contributed by atoms with van der Waals surface area (Å²) in [4.78, 5) is 0. The van der Waals surface area contributed by atoms with Crippen LogP contribution < -0.4 is 4.74 Å². The minimum atomic E-state index is 0.586. The van der Waals surface area contributed by atoms with Crippen LogP contribution in [0.3, 0.4) is 0 Å². The van der Waals surface area contributed by atoms with Gasteiger partial charge in [0.25, 0.3) is 0 Å². The number of aryl methyl sites for hydroxylation is 1. The predicted molar refractivity (Wildman–Crippen MR) is 128 cm³/mol. The summed E-state index contributed by atoms with van der Waals surface area (Å²) < 4.78 is 11.1. The molecule has 0 saturated heterocycles. The molecule has 0 saturated carbocycles. The first kappa shape index (κ1) is 22.4. The van der Waals surface area contributed by atoms with Crippen molar-refractivity contribution in [3.8, 4) is 16.9 Å². The van der Waals surface area contributed by atoms with Crippen LogP contribution in [-0.4, -0.2) is 19.8 Å². The van der Waals surface area contributed by atoms with Gasteiger partial charge in [0.2, 0.25) is 0 Å². The molecule has 3 aromatic carbocycles. The van der Waals surface area contributed by atoms with Crippen molar-refractivity contribution in [2.75, 3.05) is 19.8 Å².